The molecule has 0 aromatic heterocycles. The van der Waals surface area contributed by atoms with Gasteiger partial charge < -0.3 is 10.2 Å². The van der Waals surface area contributed by atoms with E-state index in [0.29, 0.717) is 18.4 Å². The van der Waals surface area contributed by atoms with Crippen molar-refractivity contribution in [2.24, 2.45) is 5.92 Å². The van der Waals surface area contributed by atoms with Crippen molar-refractivity contribution in [2.75, 3.05) is 19.6 Å². The molecule has 0 radical (unpaired) electrons. The van der Waals surface area contributed by atoms with Gasteiger partial charge in [0.2, 0.25) is 5.91 Å². The number of aryl methyl sites for hydroxylation is 2. The monoisotopic (exact) mass is 258 g/mol. The molecule has 2 aliphatic rings. The Morgan fingerprint density at radius 1 is 1.37 bits per heavy atom. The third-order valence-corrected chi connectivity index (χ3v) is 4.56. The Balaban J connectivity index is 1.67. The first kappa shape index (κ1) is 12.7. The number of carbonyl (C=O) groups excluding carboxylic acids is 1. The molecule has 1 N–H and O–H groups in total. The predicted octanol–water partition coefficient (Wildman–Crippen LogP) is 1.67. The molecule has 1 amide bonds. The van der Waals surface area contributed by atoms with Crippen LogP contribution in [0, 0.1) is 19.8 Å². The first-order chi connectivity index (χ1) is 9.13. The highest BCUT2D eigenvalue weighted by Crippen LogP contribution is 2.25. The summed E-state index contributed by atoms with van der Waals surface area (Å²) in [6.07, 6.45) is 1.77. The normalized spacial score (nSPS) is 25.7. The van der Waals surface area contributed by atoms with Gasteiger partial charge in [0.05, 0.1) is 6.42 Å². The number of hydrogen-bond donors (Lipinski definition) is 1. The minimum atomic E-state index is 0.282. The third-order valence-electron chi connectivity index (χ3n) is 4.56. The van der Waals surface area contributed by atoms with Crippen molar-refractivity contribution in [3.63, 3.8) is 0 Å². The quantitative estimate of drug-likeness (QED) is 0.875. The van der Waals surface area contributed by atoms with Gasteiger partial charge in [0, 0.05) is 19.1 Å². The average Bonchev–Trinajstić information content (AvgIpc) is 2.94. The lowest BCUT2D eigenvalue weighted by molar-refractivity contribution is -0.129. The van der Waals surface area contributed by atoms with E-state index in [1.807, 2.05) is 4.90 Å². The highest BCUT2D eigenvalue weighted by molar-refractivity contribution is 5.79. The Kier molecular flexibility index (Phi) is 3.31. The molecule has 1 aromatic carbocycles. The van der Waals surface area contributed by atoms with Crippen LogP contribution in [0.1, 0.15) is 23.1 Å². The Labute approximate surface area is 115 Å². The number of likely N-dealkylation sites (tertiary alicyclic amines) is 1. The van der Waals surface area contributed by atoms with Gasteiger partial charge in [0.15, 0.2) is 0 Å². The molecule has 3 nitrogen and oxygen atoms in total. The summed E-state index contributed by atoms with van der Waals surface area (Å²) in [4.78, 5) is 14.5. The van der Waals surface area contributed by atoms with Gasteiger partial charge in [0.1, 0.15) is 0 Å². The Bertz CT molecular complexity index is 486. The zero-order chi connectivity index (χ0) is 13.4. The fourth-order valence-electron chi connectivity index (χ4n) is 3.32. The van der Waals surface area contributed by atoms with Crippen LogP contribution in [0.5, 0.6) is 0 Å². The molecule has 2 atom stereocenters. The Hall–Kier alpha value is -1.35. The van der Waals surface area contributed by atoms with E-state index in [0.717, 1.165) is 19.6 Å². The molecule has 3 rings (SSSR count). The smallest absolute Gasteiger partial charge is 0.227 e. The summed E-state index contributed by atoms with van der Waals surface area (Å²) >= 11 is 0. The van der Waals surface area contributed by atoms with Gasteiger partial charge in [0.25, 0.3) is 0 Å². The van der Waals surface area contributed by atoms with E-state index in [-0.39, 0.29) is 5.91 Å². The molecule has 0 bridgehead atoms. The fraction of sp³-hybridized carbons (Fsp3) is 0.562. The summed E-state index contributed by atoms with van der Waals surface area (Å²) < 4.78 is 0. The van der Waals surface area contributed by atoms with Crippen molar-refractivity contribution >= 4 is 5.91 Å². The van der Waals surface area contributed by atoms with Crippen molar-refractivity contribution in [2.45, 2.75) is 32.7 Å². The molecular formula is C16H22N2O. The maximum absolute atomic E-state index is 12.4. The standard InChI is InChI=1S/C16H22N2O/c1-11-3-4-12(2)14(7-11)8-16(19)18-9-13-5-6-17-15(13)10-18/h3-4,7,13,15,17H,5-6,8-10H2,1-2H3/t13-,15+/m0/s1. The van der Waals surface area contributed by atoms with Crippen LogP contribution in [-0.2, 0) is 11.2 Å². The van der Waals surface area contributed by atoms with Gasteiger partial charge >= 0.3 is 0 Å². The van der Waals surface area contributed by atoms with E-state index < -0.39 is 0 Å². The maximum Gasteiger partial charge on any atom is 0.227 e. The van der Waals surface area contributed by atoms with Crippen molar-refractivity contribution in [1.29, 1.82) is 0 Å². The molecule has 2 heterocycles. The van der Waals surface area contributed by atoms with Crippen molar-refractivity contribution in [3.05, 3.63) is 34.9 Å². The van der Waals surface area contributed by atoms with Crippen molar-refractivity contribution in [3.8, 4) is 0 Å². The summed E-state index contributed by atoms with van der Waals surface area (Å²) in [6, 6.07) is 6.90. The number of nitrogens with zero attached hydrogens (tertiary/aromatic N) is 1. The van der Waals surface area contributed by atoms with Crippen LogP contribution in [0.15, 0.2) is 18.2 Å². The Morgan fingerprint density at radius 3 is 3.00 bits per heavy atom. The topological polar surface area (TPSA) is 32.3 Å². The van der Waals surface area contributed by atoms with Crippen LogP contribution in [0.4, 0.5) is 0 Å². The first-order valence-corrected chi connectivity index (χ1v) is 7.21. The van der Waals surface area contributed by atoms with Crippen LogP contribution in [0.25, 0.3) is 0 Å². The van der Waals surface area contributed by atoms with Gasteiger partial charge in [-0.05, 0) is 43.9 Å². The summed E-state index contributed by atoms with van der Waals surface area (Å²) in [6.45, 7) is 7.13. The minimum absolute atomic E-state index is 0.282. The molecule has 2 aliphatic heterocycles. The highest BCUT2D eigenvalue weighted by Gasteiger charge is 2.37. The lowest BCUT2D eigenvalue weighted by Crippen LogP contribution is -2.34. The van der Waals surface area contributed by atoms with E-state index in [4.69, 9.17) is 0 Å². The van der Waals surface area contributed by atoms with Gasteiger partial charge in [-0.2, -0.15) is 0 Å². The molecule has 102 valence electrons. The second kappa shape index (κ2) is 4.97. The lowest BCUT2D eigenvalue weighted by atomic mass is 10.0. The number of benzene rings is 1. The molecule has 0 unspecified atom stereocenters. The molecule has 2 saturated heterocycles. The number of rotatable bonds is 2. The zero-order valence-corrected chi connectivity index (χ0v) is 11.8. The summed E-state index contributed by atoms with van der Waals surface area (Å²) in [5, 5.41) is 3.49. The third kappa shape index (κ3) is 2.52. The van der Waals surface area contributed by atoms with Gasteiger partial charge in [-0.1, -0.05) is 23.8 Å². The van der Waals surface area contributed by atoms with E-state index in [9.17, 15) is 4.79 Å². The summed E-state index contributed by atoms with van der Waals surface area (Å²) in [5.41, 5.74) is 3.62. The van der Waals surface area contributed by atoms with Gasteiger partial charge in [-0.15, -0.1) is 0 Å². The molecule has 19 heavy (non-hydrogen) atoms. The molecule has 0 spiro atoms. The Morgan fingerprint density at radius 2 is 2.21 bits per heavy atom. The van der Waals surface area contributed by atoms with Crippen LogP contribution >= 0.6 is 0 Å². The molecule has 1 aromatic rings. The number of hydrogen-bond acceptors (Lipinski definition) is 2. The van der Waals surface area contributed by atoms with Gasteiger partial charge in [-0.25, -0.2) is 0 Å². The minimum Gasteiger partial charge on any atom is -0.340 e. The predicted molar refractivity (Wildman–Crippen MR) is 76.1 cm³/mol. The first-order valence-electron chi connectivity index (χ1n) is 7.21. The van der Waals surface area contributed by atoms with Crippen LogP contribution in [0.2, 0.25) is 0 Å². The largest absolute Gasteiger partial charge is 0.340 e. The van der Waals surface area contributed by atoms with Crippen LogP contribution in [0.3, 0.4) is 0 Å². The maximum atomic E-state index is 12.4. The number of amides is 1. The highest BCUT2D eigenvalue weighted by atomic mass is 16.2. The van der Waals surface area contributed by atoms with E-state index in [1.54, 1.807) is 0 Å². The number of carbonyl (C=O) groups is 1. The zero-order valence-electron chi connectivity index (χ0n) is 11.8. The van der Waals surface area contributed by atoms with E-state index in [2.05, 4.69) is 37.4 Å². The van der Waals surface area contributed by atoms with Gasteiger partial charge in [-0.3, -0.25) is 4.79 Å². The molecule has 2 fully saturated rings. The van der Waals surface area contributed by atoms with Crippen molar-refractivity contribution in [1.82, 2.24) is 10.2 Å². The average molecular weight is 258 g/mol. The summed E-state index contributed by atoms with van der Waals surface area (Å²) in [7, 11) is 0. The second-order valence-electron chi connectivity index (χ2n) is 6.01. The molecule has 0 aliphatic carbocycles. The SMILES string of the molecule is Cc1ccc(C)c(CC(=O)N2C[C@@H]3CCN[C@@H]3C2)c1. The molecular weight excluding hydrogens is 236 g/mol. The number of fused-ring (bicyclic) bond motifs is 1. The number of nitrogens with one attached hydrogen (secondary N) is 1. The summed E-state index contributed by atoms with van der Waals surface area (Å²) in [5.74, 6) is 0.965. The van der Waals surface area contributed by atoms with E-state index in [1.165, 1.54) is 23.1 Å². The van der Waals surface area contributed by atoms with Crippen LogP contribution in [-0.4, -0.2) is 36.5 Å². The van der Waals surface area contributed by atoms with Crippen LogP contribution < -0.4 is 5.32 Å². The molecule has 0 saturated carbocycles. The second-order valence-corrected chi connectivity index (χ2v) is 6.01. The van der Waals surface area contributed by atoms with E-state index >= 15 is 0 Å². The lowest BCUT2D eigenvalue weighted by Gasteiger charge is -2.18. The molecule has 3 heteroatoms. The fourth-order valence-corrected chi connectivity index (χ4v) is 3.32. The van der Waals surface area contributed by atoms with Crippen molar-refractivity contribution < 1.29 is 4.79 Å².